The van der Waals surface area contributed by atoms with E-state index in [1.54, 1.807) is 0 Å². The molecule has 0 bridgehead atoms. The summed E-state index contributed by atoms with van der Waals surface area (Å²) in [6.45, 7) is 6.76. The molecule has 122 valence electrons. The van der Waals surface area contributed by atoms with Gasteiger partial charge in [0.1, 0.15) is 0 Å². The molecule has 0 amide bonds. The van der Waals surface area contributed by atoms with Crippen molar-refractivity contribution in [3.05, 3.63) is 0 Å². The minimum atomic E-state index is -0.353. The summed E-state index contributed by atoms with van der Waals surface area (Å²) in [5.74, 6) is 0.170. The lowest BCUT2D eigenvalue weighted by Crippen LogP contribution is -2.42. The van der Waals surface area contributed by atoms with Crippen molar-refractivity contribution in [2.45, 2.75) is 97.2 Å². The number of ether oxygens (including phenoxy) is 2. The van der Waals surface area contributed by atoms with Gasteiger partial charge in [-0.1, -0.05) is 65.7 Å². The predicted octanol–water partition coefficient (Wildman–Crippen LogP) is 5.94. The maximum Gasteiger partial charge on any atom is 0.170 e. The third-order valence-corrected chi connectivity index (χ3v) is 4.59. The van der Waals surface area contributed by atoms with E-state index in [4.69, 9.17) is 9.47 Å². The number of hydrogen-bond donors (Lipinski definition) is 0. The SMILES string of the molecule is CCCCCCCCC(CC)C(CCCC)(OC)OC. The van der Waals surface area contributed by atoms with Gasteiger partial charge in [-0.25, -0.2) is 0 Å². The lowest BCUT2D eigenvalue weighted by atomic mass is 9.86. The highest BCUT2D eigenvalue weighted by Crippen LogP contribution is 2.34. The highest BCUT2D eigenvalue weighted by atomic mass is 16.7. The molecule has 20 heavy (non-hydrogen) atoms. The Bertz CT molecular complexity index is 200. The molecule has 0 radical (unpaired) electrons. The van der Waals surface area contributed by atoms with E-state index in [0.717, 1.165) is 12.8 Å². The van der Waals surface area contributed by atoms with Crippen LogP contribution in [0.2, 0.25) is 0 Å². The van der Waals surface area contributed by atoms with Gasteiger partial charge in [-0.15, -0.1) is 0 Å². The largest absolute Gasteiger partial charge is 0.353 e. The van der Waals surface area contributed by atoms with E-state index in [2.05, 4.69) is 20.8 Å². The van der Waals surface area contributed by atoms with Gasteiger partial charge in [-0.2, -0.15) is 0 Å². The van der Waals surface area contributed by atoms with Crippen molar-refractivity contribution in [1.82, 2.24) is 0 Å². The molecule has 0 saturated heterocycles. The Hall–Kier alpha value is -0.0800. The Labute approximate surface area is 127 Å². The summed E-state index contributed by atoms with van der Waals surface area (Å²) in [6, 6.07) is 0. The smallest absolute Gasteiger partial charge is 0.170 e. The molecule has 0 aromatic rings. The molecule has 0 aliphatic carbocycles. The van der Waals surface area contributed by atoms with E-state index >= 15 is 0 Å². The quantitative estimate of drug-likeness (QED) is 0.290. The third-order valence-electron chi connectivity index (χ3n) is 4.59. The van der Waals surface area contributed by atoms with Gasteiger partial charge in [-0.05, 0) is 19.3 Å². The van der Waals surface area contributed by atoms with E-state index in [9.17, 15) is 0 Å². The van der Waals surface area contributed by atoms with Gasteiger partial charge < -0.3 is 9.47 Å². The van der Waals surface area contributed by atoms with Crippen LogP contribution in [-0.4, -0.2) is 20.0 Å². The van der Waals surface area contributed by atoms with E-state index in [1.807, 2.05) is 14.2 Å². The minimum Gasteiger partial charge on any atom is -0.353 e. The average Bonchev–Trinajstić information content (AvgIpc) is 2.49. The van der Waals surface area contributed by atoms with Crippen molar-refractivity contribution in [1.29, 1.82) is 0 Å². The van der Waals surface area contributed by atoms with Gasteiger partial charge in [0.2, 0.25) is 0 Å². The molecular weight excluding hydrogens is 248 g/mol. The van der Waals surface area contributed by atoms with Gasteiger partial charge in [-0.3, -0.25) is 0 Å². The fourth-order valence-electron chi connectivity index (χ4n) is 3.15. The predicted molar refractivity (Wildman–Crippen MR) is 88.0 cm³/mol. The van der Waals surface area contributed by atoms with Crippen molar-refractivity contribution < 1.29 is 9.47 Å². The standard InChI is InChI=1S/C18H38O2/c1-6-9-11-12-13-14-15-17(8-3)18(19-4,20-5)16-10-7-2/h17H,6-16H2,1-5H3. The first kappa shape index (κ1) is 19.9. The first-order chi connectivity index (χ1) is 9.70. The van der Waals surface area contributed by atoms with Crippen molar-refractivity contribution >= 4 is 0 Å². The van der Waals surface area contributed by atoms with E-state index < -0.39 is 0 Å². The van der Waals surface area contributed by atoms with Crippen LogP contribution < -0.4 is 0 Å². The number of hydrogen-bond acceptors (Lipinski definition) is 2. The number of rotatable bonds is 14. The highest BCUT2D eigenvalue weighted by Gasteiger charge is 2.36. The molecule has 0 fully saturated rings. The van der Waals surface area contributed by atoms with Gasteiger partial charge >= 0.3 is 0 Å². The molecule has 0 heterocycles. The lowest BCUT2D eigenvalue weighted by Gasteiger charge is -2.38. The maximum absolute atomic E-state index is 5.82. The first-order valence-electron chi connectivity index (χ1n) is 8.80. The molecule has 0 saturated carbocycles. The van der Waals surface area contributed by atoms with Crippen molar-refractivity contribution in [3.63, 3.8) is 0 Å². The molecule has 0 aliphatic rings. The van der Waals surface area contributed by atoms with Gasteiger partial charge in [0.15, 0.2) is 5.79 Å². The normalized spacial score (nSPS) is 13.7. The van der Waals surface area contributed by atoms with E-state index in [-0.39, 0.29) is 5.79 Å². The second-order valence-corrected chi connectivity index (χ2v) is 5.99. The number of unbranched alkanes of at least 4 members (excludes halogenated alkanes) is 6. The van der Waals surface area contributed by atoms with E-state index in [0.29, 0.717) is 5.92 Å². The van der Waals surface area contributed by atoms with Crippen LogP contribution in [0.5, 0.6) is 0 Å². The average molecular weight is 286 g/mol. The fourth-order valence-corrected chi connectivity index (χ4v) is 3.15. The molecule has 2 nitrogen and oxygen atoms in total. The molecule has 0 rings (SSSR count). The maximum atomic E-state index is 5.82. The summed E-state index contributed by atoms with van der Waals surface area (Å²) >= 11 is 0. The Morgan fingerprint density at radius 2 is 1.30 bits per heavy atom. The minimum absolute atomic E-state index is 0.353. The van der Waals surface area contributed by atoms with E-state index in [1.165, 1.54) is 57.8 Å². The van der Waals surface area contributed by atoms with Crippen LogP contribution in [0.1, 0.15) is 91.4 Å². The Morgan fingerprint density at radius 1 is 0.750 bits per heavy atom. The van der Waals surface area contributed by atoms with Gasteiger partial charge in [0.05, 0.1) is 0 Å². The van der Waals surface area contributed by atoms with Crippen molar-refractivity contribution in [2.24, 2.45) is 5.92 Å². The van der Waals surface area contributed by atoms with Crippen LogP contribution in [0, 0.1) is 5.92 Å². The molecule has 0 spiro atoms. The van der Waals surface area contributed by atoms with Gasteiger partial charge in [0, 0.05) is 26.6 Å². The summed E-state index contributed by atoms with van der Waals surface area (Å²) in [6.07, 6.45) is 13.9. The summed E-state index contributed by atoms with van der Waals surface area (Å²) < 4.78 is 11.6. The van der Waals surface area contributed by atoms with Crippen LogP contribution in [0.15, 0.2) is 0 Å². The summed E-state index contributed by atoms with van der Waals surface area (Å²) in [4.78, 5) is 0. The Kier molecular flexibility index (Phi) is 12.6. The Balaban J connectivity index is 4.22. The third kappa shape index (κ3) is 7.08. The zero-order valence-corrected chi connectivity index (χ0v) is 14.7. The first-order valence-corrected chi connectivity index (χ1v) is 8.80. The molecule has 1 atom stereocenters. The van der Waals surface area contributed by atoms with Crippen molar-refractivity contribution in [3.8, 4) is 0 Å². The summed E-state index contributed by atoms with van der Waals surface area (Å²) in [5, 5.41) is 0. The zero-order valence-electron chi connectivity index (χ0n) is 14.7. The molecule has 1 unspecified atom stereocenters. The number of methoxy groups -OCH3 is 2. The summed E-state index contributed by atoms with van der Waals surface area (Å²) in [7, 11) is 3.62. The van der Waals surface area contributed by atoms with Crippen molar-refractivity contribution in [2.75, 3.05) is 14.2 Å². The van der Waals surface area contributed by atoms with Crippen LogP contribution in [0.3, 0.4) is 0 Å². The van der Waals surface area contributed by atoms with Crippen LogP contribution >= 0.6 is 0 Å². The zero-order chi connectivity index (χ0) is 15.3. The molecule has 2 heteroatoms. The molecule has 0 aromatic heterocycles. The summed E-state index contributed by atoms with van der Waals surface area (Å²) in [5.41, 5.74) is 0. The second kappa shape index (κ2) is 12.6. The molecule has 0 aromatic carbocycles. The molecular formula is C18H38O2. The Morgan fingerprint density at radius 3 is 1.80 bits per heavy atom. The second-order valence-electron chi connectivity index (χ2n) is 5.99. The monoisotopic (exact) mass is 286 g/mol. The molecule has 0 aliphatic heterocycles. The lowest BCUT2D eigenvalue weighted by molar-refractivity contribution is -0.246. The topological polar surface area (TPSA) is 18.5 Å². The van der Waals surface area contributed by atoms with Crippen LogP contribution in [0.4, 0.5) is 0 Å². The van der Waals surface area contributed by atoms with Crippen LogP contribution in [0.25, 0.3) is 0 Å². The van der Waals surface area contributed by atoms with Gasteiger partial charge in [0.25, 0.3) is 0 Å². The fraction of sp³-hybridized carbons (Fsp3) is 1.00. The molecule has 0 N–H and O–H groups in total. The highest BCUT2D eigenvalue weighted by molar-refractivity contribution is 4.79. The van der Waals surface area contributed by atoms with Crippen LogP contribution in [-0.2, 0) is 9.47 Å².